The fourth-order valence-electron chi connectivity index (χ4n) is 8.18. The second kappa shape index (κ2) is 14.0. The number of rotatable bonds is 7. The summed E-state index contributed by atoms with van der Waals surface area (Å²) >= 11 is 0. The van der Waals surface area contributed by atoms with Crippen LogP contribution in [0.4, 0.5) is 17.1 Å². The Morgan fingerprint density at radius 2 is 0.709 bits per heavy atom. The zero-order valence-corrected chi connectivity index (χ0v) is 30.3. The van der Waals surface area contributed by atoms with E-state index in [1.807, 2.05) is 0 Å². The first-order valence-electron chi connectivity index (χ1n) is 18.9. The molecule has 10 rings (SSSR count). The maximum absolute atomic E-state index is 2.38. The highest BCUT2D eigenvalue weighted by molar-refractivity contribution is 6.23. The minimum absolute atomic E-state index is 1.10. The van der Waals surface area contributed by atoms with Crippen LogP contribution < -0.4 is 4.90 Å². The van der Waals surface area contributed by atoms with Crippen molar-refractivity contribution in [3.05, 3.63) is 224 Å². The Bertz CT molecular complexity index is 2930. The van der Waals surface area contributed by atoms with Crippen molar-refractivity contribution in [2.24, 2.45) is 0 Å². The minimum atomic E-state index is 1.10. The van der Waals surface area contributed by atoms with Gasteiger partial charge in [-0.3, -0.25) is 0 Å². The third kappa shape index (κ3) is 6.02. The van der Waals surface area contributed by atoms with Crippen molar-refractivity contribution in [2.75, 3.05) is 4.90 Å². The van der Waals surface area contributed by atoms with Gasteiger partial charge >= 0.3 is 0 Å². The van der Waals surface area contributed by atoms with Crippen LogP contribution in [0.5, 0.6) is 0 Å². The number of anilines is 3. The number of benzene rings is 10. The van der Waals surface area contributed by atoms with Crippen LogP contribution in [0.15, 0.2) is 224 Å². The number of fused-ring (bicyclic) bond motifs is 5. The maximum Gasteiger partial charge on any atom is 0.0468 e. The van der Waals surface area contributed by atoms with Gasteiger partial charge in [-0.15, -0.1) is 0 Å². The molecule has 0 heterocycles. The summed E-state index contributed by atoms with van der Waals surface area (Å²) in [5.41, 5.74) is 12.9. The highest BCUT2D eigenvalue weighted by Crippen LogP contribution is 2.43. The standard InChI is InChI=1S/C54H37N/c1-4-14-38(15-5-1)39-24-29-45(30-25-39)55(47-33-35-49(40-16-6-2-7-17-40)52(37-47)41-18-8-3-9-19-41)46-31-26-43(27-32-46)53-36-44-21-11-12-22-48(44)51-34-28-42-20-10-13-23-50(42)54(51)53/h1-37H. The third-order valence-corrected chi connectivity index (χ3v) is 10.8. The summed E-state index contributed by atoms with van der Waals surface area (Å²) in [7, 11) is 0. The van der Waals surface area contributed by atoms with Crippen LogP contribution in [0, 0.1) is 0 Å². The zero-order valence-electron chi connectivity index (χ0n) is 30.3. The molecular formula is C54H37N. The fourth-order valence-corrected chi connectivity index (χ4v) is 8.18. The lowest BCUT2D eigenvalue weighted by molar-refractivity contribution is 1.28. The van der Waals surface area contributed by atoms with Gasteiger partial charge < -0.3 is 4.90 Å². The van der Waals surface area contributed by atoms with E-state index in [-0.39, 0.29) is 0 Å². The molecule has 0 aliphatic carbocycles. The monoisotopic (exact) mass is 699 g/mol. The first-order valence-corrected chi connectivity index (χ1v) is 18.9. The van der Waals surface area contributed by atoms with Gasteiger partial charge in [0.25, 0.3) is 0 Å². The van der Waals surface area contributed by atoms with Crippen molar-refractivity contribution in [1.82, 2.24) is 0 Å². The molecule has 0 aromatic heterocycles. The van der Waals surface area contributed by atoms with E-state index in [0.717, 1.165) is 17.1 Å². The molecule has 0 atom stereocenters. The van der Waals surface area contributed by atoms with Crippen molar-refractivity contribution >= 4 is 49.4 Å². The average molecular weight is 700 g/mol. The molecular weight excluding hydrogens is 663 g/mol. The van der Waals surface area contributed by atoms with Crippen LogP contribution >= 0.6 is 0 Å². The molecule has 10 aromatic carbocycles. The van der Waals surface area contributed by atoms with Crippen LogP contribution in [-0.4, -0.2) is 0 Å². The predicted octanol–water partition coefficient (Wildman–Crippen LogP) is 15.3. The molecule has 0 bridgehead atoms. The van der Waals surface area contributed by atoms with Crippen LogP contribution in [0.3, 0.4) is 0 Å². The second-order valence-corrected chi connectivity index (χ2v) is 14.1. The van der Waals surface area contributed by atoms with Gasteiger partial charge in [-0.05, 0) is 119 Å². The van der Waals surface area contributed by atoms with E-state index in [0.29, 0.717) is 0 Å². The highest BCUT2D eigenvalue weighted by Gasteiger charge is 2.18. The largest absolute Gasteiger partial charge is 0.310 e. The lowest BCUT2D eigenvalue weighted by Gasteiger charge is -2.27. The van der Waals surface area contributed by atoms with E-state index in [1.54, 1.807) is 0 Å². The summed E-state index contributed by atoms with van der Waals surface area (Å²) in [6, 6.07) is 81.4. The topological polar surface area (TPSA) is 3.24 Å². The van der Waals surface area contributed by atoms with E-state index < -0.39 is 0 Å². The number of hydrogen-bond donors (Lipinski definition) is 0. The van der Waals surface area contributed by atoms with Gasteiger partial charge in [0.05, 0.1) is 0 Å². The third-order valence-electron chi connectivity index (χ3n) is 10.8. The number of nitrogens with zero attached hydrogens (tertiary/aromatic N) is 1. The van der Waals surface area contributed by atoms with Gasteiger partial charge in [-0.2, -0.15) is 0 Å². The van der Waals surface area contributed by atoms with Crippen molar-refractivity contribution < 1.29 is 0 Å². The van der Waals surface area contributed by atoms with Gasteiger partial charge in [0.15, 0.2) is 0 Å². The van der Waals surface area contributed by atoms with Gasteiger partial charge in [-0.25, -0.2) is 0 Å². The first-order chi connectivity index (χ1) is 27.3. The molecule has 0 amide bonds. The molecule has 0 saturated carbocycles. The molecule has 0 radical (unpaired) electrons. The Morgan fingerprint density at radius 1 is 0.236 bits per heavy atom. The Morgan fingerprint density at radius 3 is 1.36 bits per heavy atom. The summed E-state index contributed by atoms with van der Waals surface area (Å²) < 4.78 is 0. The summed E-state index contributed by atoms with van der Waals surface area (Å²) in [5.74, 6) is 0. The SMILES string of the molecule is c1ccc(-c2ccc(N(c3ccc(-c4cc5ccccc5c5ccc6ccccc6c45)cc3)c3ccc(-c4ccccc4)c(-c4ccccc4)c3)cc2)cc1. The Hall–Kier alpha value is -7.22. The summed E-state index contributed by atoms with van der Waals surface area (Å²) in [6.45, 7) is 0. The van der Waals surface area contributed by atoms with Crippen molar-refractivity contribution in [2.45, 2.75) is 0 Å². The Labute approximate surface area is 322 Å². The molecule has 0 aliphatic rings. The van der Waals surface area contributed by atoms with E-state index in [4.69, 9.17) is 0 Å². The lowest BCUT2D eigenvalue weighted by atomic mass is 9.90. The quantitative estimate of drug-likeness (QED) is 0.150. The molecule has 1 heteroatoms. The molecule has 258 valence electrons. The molecule has 0 fully saturated rings. The first kappa shape index (κ1) is 32.4. The van der Waals surface area contributed by atoms with Crippen molar-refractivity contribution in [1.29, 1.82) is 0 Å². The predicted molar refractivity (Wildman–Crippen MR) is 235 cm³/mol. The smallest absolute Gasteiger partial charge is 0.0468 e. The molecule has 1 nitrogen and oxygen atoms in total. The highest BCUT2D eigenvalue weighted by atomic mass is 15.1. The zero-order chi connectivity index (χ0) is 36.6. The lowest BCUT2D eigenvalue weighted by Crippen LogP contribution is -2.10. The van der Waals surface area contributed by atoms with E-state index in [9.17, 15) is 0 Å². The van der Waals surface area contributed by atoms with Crippen molar-refractivity contribution in [3.63, 3.8) is 0 Å². The van der Waals surface area contributed by atoms with Gasteiger partial charge in [-0.1, -0.05) is 182 Å². The Kier molecular flexibility index (Phi) is 8.24. The molecule has 0 N–H and O–H groups in total. The van der Waals surface area contributed by atoms with Gasteiger partial charge in [0, 0.05) is 17.1 Å². The van der Waals surface area contributed by atoms with Crippen LogP contribution in [0.2, 0.25) is 0 Å². The summed E-state index contributed by atoms with van der Waals surface area (Å²) in [4.78, 5) is 2.38. The van der Waals surface area contributed by atoms with E-state index >= 15 is 0 Å². The van der Waals surface area contributed by atoms with Crippen LogP contribution in [0.1, 0.15) is 0 Å². The number of hydrogen-bond acceptors (Lipinski definition) is 1. The molecule has 10 aromatic rings. The van der Waals surface area contributed by atoms with Crippen LogP contribution in [-0.2, 0) is 0 Å². The average Bonchev–Trinajstić information content (AvgIpc) is 3.27. The molecule has 0 saturated heterocycles. The van der Waals surface area contributed by atoms with E-state index in [2.05, 4.69) is 229 Å². The van der Waals surface area contributed by atoms with E-state index in [1.165, 1.54) is 76.8 Å². The van der Waals surface area contributed by atoms with Crippen molar-refractivity contribution in [3.8, 4) is 44.5 Å². The summed E-state index contributed by atoms with van der Waals surface area (Å²) in [5, 5.41) is 7.63. The second-order valence-electron chi connectivity index (χ2n) is 14.1. The fraction of sp³-hybridized carbons (Fsp3) is 0. The normalized spacial score (nSPS) is 11.3. The molecule has 0 spiro atoms. The molecule has 0 unspecified atom stereocenters. The molecule has 55 heavy (non-hydrogen) atoms. The van der Waals surface area contributed by atoms with Crippen LogP contribution in [0.25, 0.3) is 76.8 Å². The Balaban J connectivity index is 1.14. The molecule has 0 aliphatic heterocycles. The van der Waals surface area contributed by atoms with Gasteiger partial charge in [0.1, 0.15) is 0 Å². The minimum Gasteiger partial charge on any atom is -0.310 e. The summed E-state index contributed by atoms with van der Waals surface area (Å²) in [6.07, 6.45) is 0. The van der Waals surface area contributed by atoms with Gasteiger partial charge in [0.2, 0.25) is 0 Å². The maximum atomic E-state index is 2.38.